The second-order valence-electron chi connectivity index (χ2n) is 4.85. The lowest BCUT2D eigenvalue weighted by Gasteiger charge is -2.11. The number of esters is 1. The second kappa shape index (κ2) is 6.56. The van der Waals surface area contributed by atoms with E-state index in [1.54, 1.807) is 33.5 Å². The Morgan fingerprint density at radius 2 is 1.96 bits per heavy atom. The highest BCUT2D eigenvalue weighted by Gasteiger charge is 2.21. The Balaban J connectivity index is 2.36. The number of imidazole rings is 1. The highest BCUT2D eigenvalue weighted by atomic mass is 32.2. The van der Waals surface area contributed by atoms with Gasteiger partial charge in [-0.1, -0.05) is 0 Å². The number of thioether (sulfide) groups is 1. The van der Waals surface area contributed by atoms with Crippen molar-refractivity contribution in [1.29, 1.82) is 0 Å². The van der Waals surface area contributed by atoms with Gasteiger partial charge in [0.1, 0.15) is 16.9 Å². The van der Waals surface area contributed by atoms with Crippen molar-refractivity contribution in [1.82, 2.24) is 14.4 Å². The molecule has 0 unspecified atom stereocenters. The number of carbonyl (C=O) groups is 1. The molecule has 0 radical (unpaired) electrons. The summed E-state index contributed by atoms with van der Waals surface area (Å²) in [7, 11) is 3.15. The van der Waals surface area contributed by atoms with Gasteiger partial charge in [0.2, 0.25) is 0 Å². The molecule has 0 bridgehead atoms. The summed E-state index contributed by atoms with van der Waals surface area (Å²) in [5.74, 6) is 0.711. The van der Waals surface area contributed by atoms with Gasteiger partial charge >= 0.3 is 5.97 Å². The summed E-state index contributed by atoms with van der Waals surface area (Å²) >= 11 is 1.44. The second-order valence-corrected chi connectivity index (χ2v) is 5.64. The lowest BCUT2D eigenvalue weighted by molar-refractivity contribution is 0.0522. The van der Waals surface area contributed by atoms with Crippen LogP contribution in [0.1, 0.15) is 17.4 Å². The predicted octanol–water partition coefficient (Wildman–Crippen LogP) is 2.80. The molecular weight excluding hydrogens is 330 g/mol. The monoisotopic (exact) mass is 347 g/mol. The molecule has 2 heterocycles. The van der Waals surface area contributed by atoms with Gasteiger partial charge < -0.3 is 14.2 Å². The van der Waals surface area contributed by atoms with Gasteiger partial charge in [0.15, 0.2) is 17.2 Å². The van der Waals surface area contributed by atoms with Crippen molar-refractivity contribution >= 4 is 34.3 Å². The number of hydrogen-bond acceptors (Lipinski definition) is 7. The fourth-order valence-electron chi connectivity index (χ4n) is 2.53. The summed E-state index contributed by atoms with van der Waals surface area (Å²) in [6.07, 6.45) is 3.49. The van der Waals surface area contributed by atoms with E-state index in [1.165, 1.54) is 11.8 Å². The minimum absolute atomic E-state index is 0.255. The summed E-state index contributed by atoms with van der Waals surface area (Å²) in [6.45, 7) is 2.05. The average Bonchev–Trinajstić information content (AvgIpc) is 3.05. The molecule has 24 heavy (non-hydrogen) atoms. The molecular formula is C16H17N3O4S. The van der Waals surface area contributed by atoms with Crippen molar-refractivity contribution in [2.45, 2.75) is 11.9 Å². The molecule has 0 saturated carbocycles. The highest BCUT2D eigenvalue weighted by molar-refractivity contribution is 7.98. The van der Waals surface area contributed by atoms with E-state index in [0.29, 0.717) is 28.6 Å². The molecule has 3 rings (SSSR count). The Bertz CT molecular complexity index is 923. The first-order valence-corrected chi connectivity index (χ1v) is 8.51. The van der Waals surface area contributed by atoms with E-state index in [1.807, 2.05) is 16.7 Å². The van der Waals surface area contributed by atoms with Crippen molar-refractivity contribution in [2.75, 3.05) is 27.1 Å². The molecule has 7 nitrogen and oxygen atoms in total. The van der Waals surface area contributed by atoms with Crippen molar-refractivity contribution in [3.05, 3.63) is 24.2 Å². The first-order chi connectivity index (χ1) is 11.6. The van der Waals surface area contributed by atoms with Gasteiger partial charge in [-0.2, -0.15) is 0 Å². The van der Waals surface area contributed by atoms with E-state index in [-0.39, 0.29) is 5.69 Å². The van der Waals surface area contributed by atoms with Crippen LogP contribution >= 0.6 is 11.8 Å². The topological polar surface area (TPSA) is 75.0 Å². The number of methoxy groups -OCH3 is 2. The number of fused-ring (bicyclic) bond motifs is 3. The van der Waals surface area contributed by atoms with Crippen LogP contribution in [0.2, 0.25) is 0 Å². The number of rotatable bonds is 5. The minimum Gasteiger partial charge on any atom is -0.493 e. The van der Waals surface area contributed by atoms with Crippen molar-refractivity contribution in [3.63, 3.8) is 0 Å². The Morgan fingerprint density at radius 3 is 2.58 bits per heavy atom. The standard InChI is InChI=1S/C16H17N3O4S/c1-5-23-16(20)13-14-15(24-4)18-9-6-11(21-2)12(22-3)7-10(9)19(14)8-17-13/h6-8H,5H2,1-4H3. The average molecular weight is 347 g/mol. The van der Waals surface area contributed by atoms with Gasteiger partial charge in [-0.05, 0) is 13.2 Å². The van der Waals surface area contributed by atoms with Crippen LogP contribution in [0, 0.1) is 0 Å². The summed E-state index contributed by atoms with van der Waals surface area (Å²) in [5.41, 5.74) is 2.37. The molecule has 126 valence electrons. The van der Waals surface area contributed by atoms with Gasteiger partial charge in [-0.3, -0.25) is 4.40 Å². The van der Waals surface area contributed by atoms with E-state index in [9.17, 15) is 4.79 Å². The molecule has 0 N–H and O–H groups in total. The maximum atomic E-state index is 12.2. The summed E-state index contributed by atoms with van der Waals surface area (Å²) in [4.78, 5) is 21.0. The summed E-state index contributed by atoms with van der Waals surface area (Å²) in [5, 5.41) is 0.690. The van der Waals surface area contributed by atoms with E-state index >= 15 is 0 Å². The zero-order chi connectivity index (χ0) is 17.3. The molecule has 0 aliphatic heterocycles. The van der Waals surface area contributed by atoms with Gasteiger partial charge in [0.25, 0.3) is 0 Å². The van der Waals surface area contributed by atoms with E-state index < -0.39 is 5.97 Å². The van der Waals surface area contributed by atoms with Crippen LogP contribution in [0.5, 0.6) is 11.5 Å². The number of benzene rings is 1. The fraction of sp³-hybridized carbons (Fsp3) is 0.312. The lowest BCUT2D eigenvalue weighted by Crippen LogP contribution is -2.07. The SMILES string of the molecule is CCOC(=O)c1ncn2c1c(SC)nc1cc(OC)c(OC)cc12. The Hall–Kier alpha value is -2.48. The number of nitrogens with zero attached hydrogens (tertiary/aromatic N) is 3. The first-order valence-electron chi connectivity index (χ1n) is 7.28. The molecule has 0 fully saturated rings. The normalized spacial score (nSPS) is 11.0. The molecule has 8 heteroatoms. The minimum atomic E-state index is -0.461. The van der Waals surface area contributed by atoms with Gasteiger partial charge in [0, 0.05) is 12.1 Å². The van der Waals surface area contributed by atoms with Crippen LogP contribution in [-0.4, -0.2) is 47.4 Å². The van der Waals surface area contributed by atoms with Crippen LogP contribution in [-0.2, 0) is 4.74 Å². The fourth-order valence-corrected chi connectivity index (χ4v) is 3.11. The maximum Gasteiger partial charge on any atom is 0.359 e. The molecule has 0 spiro atoms. The number of ether oxygens (including phenoxy) is 3. The third kappa shape index (κ3) is 2.52. The predicted molar refractivity (Wildman–Crippen MR) is 91.3 cm³/mol. The van der Waals surface area contributed by atoms with Crippen molar-refractivity contribution < 1.29 is 19.0 Å². The molecule has 2 aromatic heterocycles. The van der Waals surface area contributed by atoms with Crippen LogP contribution in [0.15, 0.2) is 23.5 Å². The van der Waals surface area contributed by atoms with Crippen LogP contribution < -0.4 is 9.47 Å². The number of carbonyl (C=O) groups excluding carboxylic acids is 1. The molecule has 0 saturated heterocycles. The quantitative estimate of drug-likeness (QED) is 0.519. The molecule has 0 amide bonds. The third-order valence-electron chi connectivity index (χ3n) is 3.59. The van der Waals surface area contributed by atoms with Crippen LogP contribution in [0.4, 0.5) is 0 Å². The van der Waals surface area contributed by atoms with E-state index in [0.717, 1.165) is 11.0 Å². The van der Waals surface area contributed by atoms with E-state index in [2.05, 4.69) is 9.97 Å². The zero-order valence-corrected chi connectivity index (χ0v) is 14.6. The van der Waals surface area contributed by atoms with Crippen LogP contribution in [0.3, 0.4) is 0 Å². The molecule has 0 aliphatic rings. The Morgan fingerprint density at radius 1 is 1.25 bits per heavy atom. The van der Waals surface area contributed by atoms with Gasteiger partial charge in [-0.25, -0.2) is 14.8 Å². The Kier molecular flexibility index (Phi) is 4.48. The van der Waals surface area contributed by atoms with Gasteiger partial charge in [0.05, 0.1) is 31.9 Å². The molecule has 0 atom stereocenters. The Labute approximate surface area is 142 Å². The highest BCUT2D eigenvalue weighted by Crippen LogP contribution is 2.34. The smallest absolute Gasteiger partial charge is 0.359 e. The van der Waals surface area contributed by atoms with Crippen LogP contribution in [0.25, 0.3) is 16.6 Å². The number of hydrogen-bond donors (Lipinski definition) is 0. The molecule has 0 aliphatic carbocycles. The van der Waals surface area contributed by atoms with Gasteiger partial charge in [-0.15, -0.1) is 11.8 Å². The molecule has 1 aromatic carbocycles. The largest absolute Gasteiger partial charge is 0.493 e. The number of aromatic nitrogens is 3. The zero-order valence-electron chi connectivity index (χ0n) is 13.8. The third-order valence-corrected chi connectivity index (χ3v) is 4.27. The molecule has 3 aromatic rings. The van der Waals surface area contributed by atoms with E-state index in [4.69, 9.17) is 14.2 Å². The lowest BCUT2D eigenvalue weighted by atomic mass is 10.2. The summed E-state index contributed by atoms with van der Waals surface area (Å²) < 4.78 is 17.6. The summed E-state index contributed by atoms with van der Waals surface area (Å²) in [6, 6.07) is 3.62. The van der Waals surface area contributed by atoms with Crippen molar-refractivity contribution in [2.24, 2.45) is 0 Å². The van der Waals surface area contributed by atoms with Crippen molar-refractivity contribution in [3.8, 4) is 11.5 Å². The maximum absolute atomic E-state index is 12.2. The first kappa shape index (κ1) is 16.4.